The lowest BCUT2D eigenvalue weighted by Gasteiger charge is -2.37. The molecule has 12 nitrogen and oxygen atoms in total. The van der Waals surface area contributed by atoms with Crippen molar-refractivity contribution in [1.82, 2.24) is 25.4 Å². The normalized spacial score (nSPS) is 17.4. The highest BCUT2D eigenvalue weighted by Gasteiger charge is 2.36. The lowest BCUT2D eigenvalue weighted by Crippen LogP contribution is -2.52. The van der Waals surface area contributed by atoms with Gasteiger partial charge in [0.1, 0.15) is 22.6 Å². The molecular formula is C40H52FN5O7S. The monoisotopic (exact) mass is 765 g/mol. The van der Waals surface area contributed by atoms with E-state index in [0.717, 1.165) is 36.3 Å². The first kappa shape index (κ1) is 42.1. The van der Waals surface area contributed by atoms with Gasteiger partial charge in [-0.15, -0.1) is 11.3 Å². The third kappa shape index (κ3) is 11.7. The van der Waals surface area contributed by atoms with Gasteiger partial charge >= 0.3 is 11.9 Å². The number of halogens is 1. The first-order valence-electron chi connectivity index (χ1n) is 18.4. The molecule has 4 rings (SSSR count). The predicted molar refractivity (Wildman–Crippen MR) is 203 cm³/mol. The molecule has 3 amide bonds. The first-order chi connectivity index (χ1) is 25.6. The van der Waals surface area contributed by atoms with E-state index in [2.05, 4.69) is 15.6 Å². The number of esters is 1. The summed E-state index contributed by atoms with van der Waals surface area (Å²) in [6, 6.07) is 12.4. The maximum absolute atomic E-state index is 14.4. The van der Waals surface area contributed by atoms with Crippen LogP contribution in [0, 0.1) is 17.7 Å². The van der Waals surface area contributed by atoms with Crippen LogP contribution >= 0.6 is 11.3 Å². The van der Waals surface area contributed by atoms with Gasteiger partial charge in [-0.3, -0.25) is 28.9 Å². The Morgan fingerprint density at radius 2 is 1.70 bits per heavy atom. The second kappa shape index (κ2) is 19.6. The molecule has 1 aliphatic heterocycles. The molecule has 3 aromatic rings. The number of hydrogen-bond donors (Lipinski definition) is 3. The summed E-state index contributed by atoms with van der Waals surface area (Å²) in [6.45, 7) is 7.47. The van der Waals surface area contributed by atoms with Crippen LogP contribution < -0.4 is 10.6 Å². The molecular weight excluding hydrogens is 714 g/mol. The van der Waals surface area contributed by atoms with E-state index in [4.69, 9.17) is 4.74 Å². The molecule has 2 heterocycles. The lowest BCUT2D eigenvalue weighted by molar-refractivity contribution is -0.149. The molecule has 0 unspecified atom stereocenters. The summed E-state index contributed by atoms with van der Waals surface area (Å²) in [5.74, 6) is -4.06. The smallest absolute Gasteiger partial charge is 0.306 e. The molecule has 1 aromatic heterocycles. The number of likely N-dealkylation sites (N-methyl/N-ethyl adjacent to an activating group) is 2. The van der Waals surface area contributed by atoms with Crippen LogP contribution in [0.15, 0.2) is 60.0 Å². The Labute approximate surface area is 320 Å². The number of carboxylic acids is 1. The SMILES string of the molecule is CC(=O)O[C@H](C[C@H](C(C)C)N(C)C(=O)[C@@H](NC(=O)[C@H]1CCCCN1C)c1ccc(F)cc1)c1nc(C(=O)N[C@@H](Cc2ccccc2)C[C@H](C)C(=O)O)cs1. The van der Waals surface area contributed by atoms with Crippen molar-refractivity contribution in [2.45, 2.75) is 96.5 Å². The Bertz CT molecular complexity index is 1740. The van der Waals surface area contributed by atoms with Crippen molar-refractivity contribution >= 4 is 41.0 Å². The number of amides is 3. The number of carbonyl (C=O) groups is 5. The zero-order chi connectivity index (χ0) is 39.5. The maximum atomic E-state index is 14.4. The molecule has 1 aliphatic rings. The number of aromatic nitrogens is 1. The standard InChI is InChI=1S/C40H52FN5O7S/c1-24(2)33(46(6)39(50)35(28-15-17-29(41)18-16-28)44-37(49)32-14-10-11-19-45(32)5)22-34(53-26(4)47)38-43-31(23-54-38)36(48)42-30(20-25(3)40(51)52)21-27-12-8-7-9-13-27/h7-9,12-13,15-18,23-25,30,32-35H,10-11,14,19-22H2,1-6H3,(H,42,48)(H,44,49)(H,51,52)/t25-,30+,32+,33+,34+,35-/m0/s1. The van der Waals surface area contributed by atoms with E-state index >= 15 is 0 Å². The fraction of sp³-hybridized carbons (Fsp3) is 0.500. The zero-order valence-corrected chi connectivity index (χ0v) is 32.6. The van der Waals surface area contributed by atoms with Crippen LogP contribution in [0.4, 0.5) is 4.39 Å². The number of carbonyl (C=O) groups excluding carboxylic acids is 4. The average molecular weight is 766 g/mol. The summed E-state index contributed by atoms with van der Waals surface area (Å²) in [6.07, 6.45) is 2.37. The number of nitrogens with one attached hydrogen (secondary N) is 2. The minimum absolute atomic E-state index is 0.0884. The van der Waals surface area contributed by atoms with E-state index in [9.17, 15) is 33.5 Å². The highest BCUT2D eigenvalue weighted by atomic mass is 32.1. The molecule has 0 saturated carbocycles. The number of carboxylic acid groups (broad SMARTS) is 1. The van der Waals surface area contributed by atoms with Gasteiger partial charge in [0.2, 0.25) is 11.8 Å². The highest BCUT2D eigenvalue weighted by molar-refractivity contribution is 7.09. The maximum Gasteiger partial charge on any atom is 0.306 e. The molecule has 1 saturated heterocycles. The third-order valence-corrected chi connectivity index (χ3v) is 10.9. The van der Waals surface area contributed by atoms with Crippen LogP contribution in [0.2, 0.25) is 0 Å². The minimum Gasteiger partial charge on any atom is -0.481 e. The number of nitrogens with zero attached hydrogens (tertiary/aromatic N) is 3. The van der Waals surface area contributed by atoms with Crippen LogP contribution in [0.5, 0.6) is 0 Å². The summed E-state index contributed by atoms with van der Waals surface area (Å²) in [5, 5.41) is 17.3. The van der Waals surface area contributed by atoms with Crippen molar-refractivity contribution < 1.29 is 38.2 Å². The Kier molecular flexibility index (Phi) is 15.3. The molecule has 1 fully saturated rings. The lowest BCUT2D eigenvalue weighted by atomic mass is 9.94. The van der Waals surface area contributed by atoms with Crippen molar-refractivity contribution in [2.75, 3.05) is 20.6 Å². The van der Waals surface area contributed by atoms with Crippen molar-refractivity contribution in [3.05, 3.63) is 87.6 Å². The van der Waals surface area contributed by atoms with E-state index < -0.39 is 65.8 Å². The molecule has 0 radical (unpaired) electrons. The van der Waals surface area contributed by atoms with E-state index in [1.807, 2.05) is 56.1 Å². The largest absolute Gasteiger partial charge is 0.481 e. The third-order valence-electron chi connectivity index (χ3n) is 9.94. The van der Waals surface area contributed by atoms with E-state index in [-0.39, 0.29) is 30.4 Å². The number of benzene rings is 2. The second-order valence-corrected chi connectivity index (χ2v) is 15.4. The highest BCUT2D eigenvalue weighted by Crippen LogP contribution is 2.32. The fourth-order valence-electron chi connectivity index (χ4n) is 6.87. The summed E-state index contributed by atoms with van der Waals surface area (Å²) < 4.78 is 19.7. The van der Waals surface area contributed by atoms with Gasteiger partial charge < -0.3 is 25.4 Å². The zero-order valence-electron chi connectivity index (χ0n) is 31.8. The molecule has 6 atom stereocenters. The van der Waals surface area contributed by atoms with Crippen LogP contribution in [-0.2, 0) is 30.3 Å². The Morgan fingerprint density at radius 3 is 2.31 bits per heavy atom. The minimum atomic E-state index is -1.10. The number of piperidine rings is 1. The van der Waals surface area contributed by atoms with Gasteiger partial charge in [-0.05, 0) is 68.5 Å². The molecule has 14 heteroatoms. The van der Waals surface area contributed by atoms with Crippen LogP contribution in [0.25, 0.3) is 0 Å². The van der Waals surface area contributed by atoms with Crippen LogP contribution in [-0.4, -0.2) is 88.3 Å². The number of hydrogen-bond acceptors (Lipinski definition) is 9. The Hall–Kier alpha value is -4.69. The summed E-state index contributed by atoms with van der Waals surface area (Å²) in [5.41, 5.74) is 1.46. The van der Waals surface area contributed by atoms with Crippen molar-refractivity contribution in [3.8, 4) is 0 Å². The van der Waals surface area contributed by atoms with Gasteiger partial charge in [0.05, 0.1) is 12.0 Å². The van der Waals surface area contributed by atoms with Gasteiger partial charge in [-0.1, -0.05) is 69.7 Å². The topological polar surface area (TPSA) is 158 Å². The van der Waals surface area contributed by atoms with Gasteiger partial charge in [-0.2, -0.15) is 0 Å². The van der Waals surface area contributed by atoms with Crippen LogP contribution in [0.1, 0.15) is 98.6 Å². The molecule has 3 N–H and O–H groups in total. The van der Waals surface area contributed by atoms with Crippen molar-refractivity contribution in [3.63, 3.8) is 0 Å². The van der Waals surface area contributed by atoms with Crippen molar-refractivity contribution in [1.29, 1.82) is 0 Å². The fourth-order valence-corrected chi connectivity index (χ4v) is 7.71. The number of thiazole rings is 1. The van der Waals surface area contributed by atoms with E-state index in [1.54, 1.807) is 19.4 Å². The van der Waals surface area contributed by atoms with Gasteiger partial charge in [0.15, 0.2) is 6.10 Å². The van der Waals surface area contributed by atoms with Gasteiger partial charge in [-0.25, -0.2) is 9.37 Å². The number of ether oxygens (including phenoxy) is 1. The summed E-state index contributed by atoms with van der Waals surface area (Å²) in [7, 11) is 3.50. The summed E-state index contributed by atoms with van der Waals surface area (Å²) >= 11 is 1.14. The predicted octanol–water partition coefficient (Wildman–Crippen LogP) is 5.55. The Balaban J connectivity index is 1.56. The molecule has 2 aromatic carbocycles. The second-order valence-electron chi connectivity index (χ2n) is 14.5. The van der Waals surface area contributed by atoms with Gasteiger partial charge in [0.25, 0.3) is 5.91 Å². The quantitative estimate of drug-likeness (QED) is 0.150. The summed E-state index contributed by atoms with van der Waals surface area (Å²) in [4.78, 5) is 73.5. The average Bonchev–Trinajstić information content (AvgIpc) is 3.63. The van der Waals surface area contributed by atoms with E-state index in [0.29, 0.717) is 23.4 Å². The van der Waals surface area contributed by atoms with Crippen molar-refractivity contribution in [2.24, 2.45) is 11.8 Å². The molecule has 54 heavy (non-hydrogen) atoms. The molecule has 0 aliphatic carbocycles. The number of aliphatic carboxylic acids is 1. The van der Waals surface area contributed by atoms with Crippen LogP contribution in [0.3, 0.4) is 0 Å². The number of likely N-dealkylation sites (tertiary alicyclic amines) is 1. The number of rotatable bonds is 17. The molecule has 292 valence electrons. The Morgan fingerprint density at radius 1 is 1.02 bits per heavy atom. The van der Waals surface area contributed by atoms with Gasteiger partial charge in [0, 0.05) is 37.9 Å². The molecule has 0 bridgehead atoms. The molecule has 0 spiro atoms. The van der Waals surface area contributed by atoms with E-state index in [1.165, 1.54) is 36.1 Å². The first-order valence-corrected chi connectivity index (χ1v) is 19.3.